The zero-order valence-corrected chi connectivity index (χ0v) is 13.8. The molecule has 2 heterocycles. The highest BCUT2D eigenvalue weighted by molar-refractivity contribution is 5.81. The third-order valence-corrected chi connectivity index (χ3v) is 4.94. The van der Waals surface area contributed by atoms with Gasteiger partial charge in [0.2, 0.25) is 0 Å². The molecular weight excluding hydrogens is 312 g/mol. The summed E-state index contributed by atoms with van der Waals surface area (Å²) in [5.74, 6) is 0. The van der Waals surface area contributed by atoms with Gasteiger partial charge in [-0.05, 0) is 23.5 Å². The van der Waals surface area contributed by atoms with Gasteiger partial charge >= 0.3 is 11.1 Å². The van der Waals surface area contributed by atoms with Crippen LogP contribution in [0.4, 0.5) is 0 Å². The van der Waals surface area contributed by atoms with E-state index in [1.54, 1.807) is 6.07 Å². The van der Waals surface area contributed by atoms with Crippen molar-refractivity contribution < 1.29 is 15.3 Å². The fourth-order valence-corrected chi connectivity index (χ4v) is 3.37. The second-order valence-electron chi connectivity index (χ2n) is 7.00. The highest BCUT2D eigenvalue weighted by atomic mass is 16.4. The maximum atomic E-state index is 12.5. The van der Waals surface area contributed by atoms with E-state index in [0.29, 0.717) is 17.6 Å². The average molecular weight is 334 g/mol. The number of benzene rings is 1. The van der Waals surface area contributed by atoms with Gasteiger partial charge in [0.1, 0.15) is 12.2 Å². The van der Waals surface area contributed by atoms with Gasteiger partial charge in [0.25, 0.3) is 0 Å². The summed E-state index contributed by atoms with van der Waals surface area (Å²) in [5.41, 5.74) is 0.740. The summed E-state index contributed by atoms with van der Waals surface area (Å²) in [6.45, 7) is 3.78. The lowest BCUT2D eigenvalue weighted by molar-refractivity contribution is -0.0214. The summed E-state index contributed by atoms with van der Waals surface area (Å²) in [6.07, 6.45) is -1.96. The third kappa shape index (κ3) is 2.49. The SMILES string of the molecule is CC1(C)CCn2c(=O)c(=O)n(C[C@@H](O)[C@H](O)CO)c3cccc1c32. The van der Waals surface area contributed by atoms with Crippen LogP contribution in [0.15, 0.2) is 27.8 Å². The minimum absolute atomic E-state index is 0.128. The monoisotopic (exact) mass is 334 g/mol. The van der Waals surface area contributed by atoms with Crippen molar-refractivity contribution >= 4 is 11.0 Å². The van der Waals surface area contributed by atoms with Crippen LogP contribution in [0.2, 0.25) is 0 Å². The molecular formula is C17H22N2O5. The van der Waals surface area contributed by atoms with Crippen molar-refractivity contribution in [3.63, 3.8) is 0 Å². The smallest absolute Gasteiger partial charge is 0.317 e. The molecule has 7 nitrogen and oxygen atoms in total. The molecule has 24 heavy (non-hydrogen) atoms. The molecule has 1 aliphatic heterocycles. The predicted octanol–water partition coefficient (Wildman–Crippen LogP) is -0.441. The lowest BCUT2D eigenvalue weighted by atomic mass is 9.78. The topological polar surface area (TPSA) is 105 Å². The second-order valence-corrected chi connectivity index (χ2v) is 7.00. The first kappa shape index (κ1) is 16.9. The van der Waals surface area contributed by atoms with Gasteiger partial charge in [-0.1, -0.05) is 26.0 Å². The largest absolute Gasteiger partial charge is 0.394 e. The molecule has 0 unspecified atom stereocenters. The van der Waals surface area contributed by atoms with Crippen LogP contribution in [0, 0.1) is 0 Å². The van der Waals surface area contributed by atoms with E-state index >= 15 is 0 Å². The Morgan fingerprint density at radius 2 is 1.88 bits per heavy atom. The molecule has 0 saturated carbocycles. The van der Waals surface area contributed by atoms with Gasteiger partial charge in [0.05, 0.1) is 24.2 Å². The number of aromatic nitrogens is 2. The molecule has 0 spiro atoms. The Morgan fingerprint density at radius 1 is 1.17 bits per heavy atom. The van der Waals surface area contributed by atoms with E-state index in [0.717, 1.165) is 12.0 Å². The van der Waals surface area contributed by atoms with Crippen LogP contribution in [-0.4, -0.2) is 43.3 Å². The van der Waals surface area contributed by atoms with Gasteiger partial charge in [-0.2, -0.15) is 0 Å². The molecule has 2 atom stereocenters. The number of para-hydroxylation sites is 1. The van der Waals surface area contributed by atoms with E-state index in [4.69, 9.17) is 5.11 Å². The Kier molecular flexibility index (Phi) is 4.11. The maximum absolute atomic E-state index is 12.5. The Labute approximate surface area is 138 Å². The minimum Gasteiger partial charge on any atom is -0.394 e. The molecule has 0 bridgehead atoms. The number of aliphatic hydroxyl groups is 3. The zero-order valence-electron chi connectivity index (χ0n) is 13.8. The maximum Gasteiger partial charge on any atom is 0.317 e. The van der Waals surface area contributed by atoms with Crippen molar-refractivity contribution in [3.8, 4) is 0 Å². The van der Waals surface area contributed by atoms with Crippen molar-refractivity contribution in [2.45, 2.75) is 51.0 Å². The lowest BCUT2D eigenvalue weighted by Crippen LogP contribution is -2.47. The van der Waals surface area contributed by atoms with Crippen molar-refractivity contribution in [1.82, 2.24) is 9.13 Å². The van der Waals surface area contributed by atoms with Crippen LogP contribution >= 0.6 is 0 Å². The molecule has 3 N–H and O–H groups in total. The molecule has 1 aliphatic rings. The molecule has 7 heteroatoms. The molecule has 0 fully saturated rings. The van der Waals surface area contributed by atoms with Crippen LogP contribution < -0.4 is 11.1 Å². The van der Waals surface area contributed by atoms with Crippen LogP contribution in [0.5, 0.6) is 0 Å². The number of hydrogen-bond donors (Lipinski definition) is 3. The van der Waals surface area contributed by atoms with Crippen LogP contribution in [-0.2, 0) is 18.5 Å². The first-order valence-corrected chi connectivity index (χ1v) is 8.02. The number of rotatable bonds is 4. The highest BCUT2D eigenvalue weighted by Crippen LogP contribution is 2.36. The summed E-state index contributed by atoms with van der Waals surface area (Å²) in [6, 6.07) is 5.51. The Morgan fingerprint density at radius 3 is 2.54 bits per heavy atom. The van der Waals surface area contributed by atoms with E-state index in [1.165, 1.54) is 9.13 Å². The summed E-state index contributed by atoms with van der Waals surface area (Å²) in [4.78, 5) is 25.0. The van der Waals surface area contributed by atoms with Gasteiger partial charge in [0, 0.05) is 6.54 Å². The quantitative estimate of drug-likeness (QED) is 0.658. The lowest BCUT2D eigenvalue weighted by Gasteiger charge is -2.33. The molecule has 0 radical (unpaired) electrons. The van der Waals surface area contributed by atoms with E-state index < -0.39 is 29.9 Å². The number of aliphatic hydroxyl groups excluding tert-OH is 3. The first-order valence-electron chi connectivity index (χ1n) is 8.02. The van der Waals surface area contributed by atoms with Crippen molar-refractivity contribution in [1.29, 1.82) is 0 Å². The standard InChI is InChI=1S/C17H22N2O5/c1-17(2)6-7-18-14-10(17)4-3-5-11(14)19(16(24)15(18)23)8-12(21)13(22)9-20/h3-5,12-13,20-22H,6-9H2,1-2H3/t12-,13-/m1/s1. The van der Waals surface area contributed by atoms with Gasteiger partial charge in [-0.25, -0.2) is 0 Å². The van der Waals surface area contributed by atoms with Crippen LogP contribution in [0.3, 0.4) is 0 Å². The molecule has 0 amide bonds. The Hall–Kier alpha value is -1.96. The minimum atomic E-state index is -1.37. The van der Waals surface area contributed by atoms with Crippen LogP contribution in [0.1, 0.15) is 25.8 Å². The first-order chi connectivity index (χ1) is 11.3. The fraction of sp³-hybridized carbons (Fsp3) is 0.529. The molecule has 130 valence electrons. The number of nitrogens with zero attached hydrogens (tertiary/aromatic N) is 2. The normalized spacial score (nSPS) is 18.5. The van der Waals surface area contributed by atoms with E-state index in [9.17, 15) is 19.8 Å². The zero-order chi connectivity index (χ0) is 17.6. The summed E-state index contributed by atoms with van der Waals surface area (Å²) in [5, 5.41) is 28.5. The van der Waals surface area contributed by atoms with E-state index in [2.05, 4.69) is 13.8 Å². The number of hydrogen-bond acceptors (Lipinski definition) is 5. The summed E-state index contributed by atoms with van der Waals surface area (Å²) < 4.78 is 2.70. The highest BCUT2D eigenvalue weighted by Gasteiger charge is 2.31. The molecule has 1 aromatic carbocycles. The molecule has 2 aromatic rings. The van der Waals surface area contributed by atoms with E-state index in [1.807, 2.05) is 12.1 Å². The third-order valence-electron chi connectivity index (χ3n) is 4.94. The molecule has 1 aromatic heterocycles. The van der Waals surface area contributed by atoms with Crippen molar-refractivity contribution in [2.24, 2.45) is 0 Å². The van der Waals surface area contributed by atoms with Gasteiger partial charge in [-0.15, -0.1) is 0 Å². The van der Waals surface area contributed by atoms with Crippen LogP contribution in [0.25, 0.3) is 11.0 Å². The Bertz CT molecular complexity index is 896. The van der Waals surface area contributed by atoms with Gasteiger partial charge < -0.3 is 19.9 Å². The summed E-state index contributed by atoms with van der Waals surface area (Å²) >= 11 is 0. The molecule has 0 aliphatic carbocycles. The summed E-state index contributed by atoms with van der Waals surface area (Å²) in [7, 11) is 0. The van der Waals surface area contributed by atoms with E-state index in [-0.39, 0.29) is 12.0 Å². The van der Waals surface area contributed by atoms with Crippen molar-refractivity contribution in [2.75, 3.05) is 6.61 Å². The Balaban J connectivity index is 2.30. The van der Waals surface area contributed by atoms with Gasteiger partial charge in [0.15, 0.2) is 0 Å². The second kappa shape index (κ2) is 5.84. The fourth-order valence-electron chi connectivity index (χ4n) is 3.37. The number of aryl methyl sites for hydroxylation is 1. The predicted molar refractivity (Wildman–Crippen MR) is 89.2 cm³/mol. The van der Waals surface area contributed by atoms with Gasteiger partial charge in [-0.3, -0.25) is 14.2 Å². The molecule has 0 saturated heterocycles. The average Bonchev–Trinajstić information content (AvgIpc) is 2.56. The van der Waals surface area contributed by atoms with Crippen molar-refractivity contribution in [3.05, 3.63) is 44.5 Å². The molecule has 3 rings (SSSR count).